The molecule has 1 aliphatic heterocycles. The number of likely N-dealkylation sites (tertiary alicyclic amines) is 1. The van der Waals surface area contributed by atoms with Gasteiger partial charge in [-0.2, -0.15) is 0 Å². The van der Waals surface area contributed by atoms with Crippen LogP contribution in [0.2, 0.25) is 0 Å². The van der Waals surface area contributed by atoms with E-state index in [0.717, 1.165) is 19.5 Å². The molecule has 0 aliphatic carbocycles. The van der Waals surface area contributed by atoms with Crippen LogP contribution < -0.4 is 5.73 Å². The van der Waals surface area contributed by atoms with E-state index in [-0.39, 0.29) is 6.61 Å². The minimum Gasteiger partial charge on any atom is -0.480 e. The van der Waals surface area contributed by atoms with E-state index in [1.807, 2.05) is 4.90 Å². The predicted molar refractivity (Wildman–Crippen MR) is 56.7 cm³/mol. The third kappa shape index (κ3) is 2.48. The molecule has 2 atom stereocenters. The van der Waals surface area contributed by atoms with Crippen LogP contribution in [0.1, 0.15) is 13.3 Å². The maximum absolute atomic E-state index is 11.2. The van der Waals surface area contributed by atoms with Crippen molar-refractivity contribution in [2.45, 2.75) is 18.9 Å². The van der Waals surface area contributed by atoms with E-state index in [2.05, 4.69) is 0 Å². The number of aliphatic carboxylic acids is 1. The molecule has 0 saturated carbocycles. The molecular weight excluding hydrogens is 196 g/mol. The van der Waals surface area contributed by atoms with Crippen molar-refractivity contribution in [2.24, 2.45) is 11.7 Å². The standard InChI is InChI=1S/C10H20N2O3/c1-10(7-15-2,9(13)14)12-4-3-8(5-11)6-12/h8H,3-7,11H2,1-2H3,(H,13,14). The molecule has 88 valence electrons. The van der Waals surface area contributed by atoms with Crippen molar-refractivity contribution in [3.8, 4) is 0 Å². The summed E-state index contributed by atoms with van der Waals surface area (Å²) >= 11 is 0. The van der Waals surface area contributed by atoms with Crippen LogP contribution in [-0.2, 0) is 9.53 Å². The zero-order chi connectivity index (χ0) is 11.5. The van der Waals surface area contributed by atoms with Crippen molar-refractivity contribution in [3.63, 3.8) is 0 Å². The highest BCUT2D eigenvalue weighted by Crippen LogP contribution is 2.25. The summed E-state index contributed by atoms with van der Waals surface area (Å²) in [4.78, 5) is 13.2. The first-order valence-corrected chi connectivity index (χ1v) is 5.22. The highest BCUT2D eigenvalue weighted by atomic mass is 16.5. The highest BCUT2D eigenvalue weighted by Gasteiger charge is 2.42. The van der Waals surface area contributed by atoms with E-state index in [1.165, 1.54) is 7.11 Å². The number of carboxylic acids is 1. The van der Waals surface area contributed by atoms with E-state index in [9.17, 15) is 9.90 Å². The molecule has 0 aromatic rings. The molecule has 2 unspecified atom stereocenters. The Balaban J connectivity index is 2.69. The van der Waals surface area contributed by atoms with E-state index >= 15 is 0 Å². The lowest BCUT2D eigenvalue weighted by atomic mass is 10.0. The molecule has 3 N–H and O–H groups in total. The molecule has 1 fully saturated rings. The van der Waals surface area contributed by atoms with Crippen LogP contribution in [0, 0.1) is 5.92 Å². The normalized spacial score (nSPS) is 26.5. The number of carbonyl (C=O) groups is 1. The maximum Gasteiger partial charge on any atom is 0.326 e. The van der Waals surface area contributed by atoms with Gasteiger partial charge in [0.05, 0.1) is 6.61 Å². The van der Waals surface area contributed by atoms with Gasteiger partial charge in [-0.25, -0.2) is 0 Å². The summed E-state index contributed by atoms with van der Waals surface area (Å²) in [5.41, 5.74) is 4.67. The molecule has 5 heteroatoms. The van der Waals surface area contributed by atoms with Crippen molar-refractivity contribution >= 4 is 5.97 Å². The van der Waals surface area contributed by atoms with Crippen molar-refractivity contribution in [1.29, 1.82) is 0 Å². The average Bonchev–Trinajstić information content (AvgIpc) is 2.66. The second kappa shape index (κ2) is 4.92. The van der Waals surface area contributed by atoms with Crippen LogP contribution in [0.15, 0.2) is 0 Å². The summed E-state index contributed by atoms with van der Waals surface area (Å²) in [5.74, 6) is -0.414. The third-order valence-corrected chi connectivity index (χ3v) is 3.20. The second-order valence-electron chi connectivity index (χ2n) is 4.35. The molecule has 1 heterocycles. The molecule has 1 saturated heterocycles. The molecule has 0 aromatic carbocycles. The number of hydrogen-bond acceptors (Lipinski definition) is 4. The molecule has 15 heavy (non-hydrogen) atoms. The maximum atomic E-state index is 11.2. The van der Waals surface area contributed by atoms with Gasteiger partial charge in [-0.3, -0.25) is 9.69 Å². The molecule has 0 spiro atoms. The first-order valence-electron chi connectivity index (χ1n) is 5.22. The van der Waals surface area contributed by atoms with Gasteiger partial charge in [0, 0.05) is 13.7 Å². The minimum atomic E-state index is -0.918. The van der Waals surface area contributed by atoms with Crippen molar-refractivity contribution in [2.75, 3.05) is 33.4 Å². The number of nitrogens with zero attached hydrogens (tertiary/aromatic N) is 1. The summed E-state index contributed by atoms with van der Waals surface area (Å²) < 4.78 is 5.00. The quantitative estimate of drug-likeness (QED) is 0.663. The van der Waals surface area contributed by atoms with Gasteiger partial charge >= 0.3 is 5.97 Å². The van der Waals surface area contributed by atoms with E-state index < -0.39 is 11.5 Å². The first kappa shape index (κ1) is 12.4. The van der Waals surface area contributed by atoms with Gasteiger partial charge in [0.25, 0.3) is 0 Å². The molecule has 0 radical (unpaired) electrons. The van der Waals surface area contributed by atoms with Gasteiger partial charge in [0.15, 0.2) is 0 Å². The Morgan fingerprint density at radius 2 is 2.40 bits per heavy atom. The Kier molecular flexibility index (Phi) is 4.07. The Morgan fingerprint density at radius 1 is 1.73 bits per heavy atom. The zero-order valence-corrected chi connectivity index (χ0v) is 9.40. The van der Waals surface area contributed by atoms with Gasteiger partial charge in [0.2, 0.25) is 0 Å². The Morgan fingerprint density at radius 3 is 2.80 bits per heavy atom. The molecule has 0 amide bonds. The number of rotatable bonds is 5. The number of hydrogen-bond donors (Lipinski definition) is 2. The SMILES string of the molecule is COCC(C)(C(=O)O)N1CCC(CN)C1. The Hall–Kier alpha value is -0.650. The summed E-state index contributed by atoms with van der Waals surface area (Å²) in [5, 5.41) is 9.23. The van der Waals surface area contributed by atoms with Crippen LogP contribution in [0.5, 0.6) is 0 Å². The summed E-state index contributed by atoms with van der Waals surface area (Å²) in [7, 11) is 1.53. The lowest BCUT2D eigenvalue weighted by Crippen LogP contribution is -2.54. The van der Waals surface area contributed by atoms with Gasteiger partial charge in [0.1, 0.15) is 5.54 Å². The van der Waals surface area contributed by atoms with Gasteiger partial charge < -0.3 is 15.6 Å². The number of carboxylic acid groups (broad SMARTS) is 1. The summed E-state index contributed by atoms with van der Waals surface area (Å²) in [6, 6.07) is 0. The fraction of sp³-hybridized carbons (Fsp3) is 0.900. The van der Waals surface area contributed by atoms with E-state index in [1.54, 1.807) is 6.92 Å². The van der Waals surface area contributed by atoms with Crippen LogP contribution in [-0.4, -0.2) is 54.9 Å². The number of methoxy groups -OCH3 is 1. The topological polar surface area (TPSA) is 75.8 Å². The van der Waals surface area contributed by atoms with E-state index in [4.69, 9.17) is 10.5 Å². The third-order valence-electron chi connectivity index (χ3n) is 3.20. The fourth-order valence-corrected chi connectivity index (χ4v) is 2.04. The molecule has 0 aromatic heterocycles. The monoisotopic (exact) mass is 216 g/mol. The predicted octanol–water partition coefficient (Wildman–Crippen LogP) is -0.243. The Labute approximate surface area is 90.2 Å². The van der Waals surface area contributed by atoms with Gasteiger partial charge in [-0.05, 0) is 32.4 Å². The van der Waals surface area contributed by atoms with Gasteiger partial charge in [-0.1, -0.05) is 0 Å². The number of ether oxygens (including phenoxy) is 1. The lowest BCUT2D eigenvalue weighted by molar-refractivity contribution is -0.153. The molecule has 0 bridgehead atoms. The zero-order valence-electron chi connectivity index (χ0n) is 9.40. The van der Waals surface area contributed by atoms with Gasteiger partial charge in [-0.15, -0.1) is 0 Å². The van der Waals surface area contributed by atoms with E-state index in [0.29, 0.717) is 12.5 Å². The molecular formula is C10H20N2O3. The fourth-order valence-electron chi connectivity index (χ4n) is 2.04. The van der Waals surface area contributed by atoms with Crippen LogP contribution in [0.25, 0.3) is 0 Å². The van der Waals surface area contributed by atoms with Crippen molar-refractivity contribution < 1.29 is 14.6 Å². The Bertz CT molecular complexity index is 235. The smallest absolute Gasteiger partial charge is 0.326 e. The first-order chi connectivity index (χ1) is 7.04. The van der Waals surface area contributed by atoms with Crippen LogP contribution >= 0.6 is 0 Å². The average molecular weight is 216 g/mol. The van der Waals surface area contributed by atoms with Crippen molar-refractivity contribution in [3.05, 3.63) is 0 Å². The largest absolute Gasteiger partial charge is 0.480 e. The summed E-state index contributed by atoms with van der Waals surface area (Å²) in [6.07, 6.45) is 0.975. The molecule has 5 nitrogen and oxygen atoms in total. The number of nitrogens with two attached hydrogens (primary N) is 1. The molecule has 1 aliphatic rings. The van der Waals surface area contributed by atoms with Crippen molar-refractivity contribution in [1.82, 2.24) is 4.90 Å². The lowest BCUT2D eigenvalue weighted by Gasteiger charge is -2.34. The minimum absolute atomic E-state index is 0.208. The highest BCUT2D eigenvalue weighted by molar-refractivity contribution is 5.78. The van der Waals surface area contributed by atoms with Crippen LogP contribution in [0.3, 0.4) is 0 Å². The second-order valence-corrected chi connectivity index (χ2v) is 4.35. The summed E-state index contributed by atoms with van der Waals surface area (Å²) in [6.45, 7) is 4.08. The molecule has 1 rings (SSSR count). The van der Waals surface area contributed by atoms with Crippen LogP contribution in [0.4, 0.5) is 0 Å².